The molecule has 0 aromatic carbocycles. The third kappa shape index (κ3) is 2.51. The predicted molar refractivity (Wildman–Crippen MR) is 60.4 cm³/mol. The number of carboxylic acids is 1. The molecule has 0 bridgehead atoms. The van der Waals surface area contributed by atoms with Gasteiger partial charge in [0, 0.05) is 25.4 Å². The molecule has 0 spiro atoms. The lowest BCUT2D eigenvalue weighted by Crippen LogP contribution is -2.30. The number of nitrogens with zero attached hydrogens (tertiary/aromatic N) is 1. The number of hydrogen-bond donors (Lipinski definition) is 2. The molecule has 5 nitrogen and oxygen atoms in total. The van der Waals surface area contributed by atoms with E-state index in [2.05, 4.69) is 26.2 Å². The zero-order chi connectivity index (χ0) is 11.5. The molecule has 2 heterocycles. The van der Waals surface area contributed by atoms with Gasteiger partial charge in [0.25, 0.3) is 0 Å². The van der Waals surface area contributed by atoms with Crippen molar-refractivity contribution in [2.45, 2.75) is 18.6 Å². The van der Waals surface area contributed by atoms with Crippen LogP contribution in [0.1, 0.15) is 6.42 Å². The van der Waals surface area contributed by atoms with Crippen molar-refractivity contribution < 1.29 is 14.6 Å². The van der Waals surface area contributed by atoms with Crippen LogP contribution in [-0.4, -0.2) is 34.8 Å². The third-order valence-corrected chi connectivity index (χ3v) is 3.01. The van der Waals surface area contributed by atoms with Crippen molar-refractivity contribution in [3.05, 3.63) is 22.9 Å². The Morgan fingerprint density at radius 1 is 1.69 bits per heavy atom. The molecule has 16 heavy (non-hydrogen) atoms. The summed E-state index contributed by atoms with van der Waals surface area (Å²) in [5.74, 6) is -0.146. The molecule has 6 heteroatoms. The lowest BCUT2D eigenvalue weighted by molar-refractivity contribution is -0.139. The number of pyridine rings is 1. The number of nitrogens with one attached hydrogen (secondary N) is 1. The van der Waals surface area contributed by atoms with E-state index in [0.717, 1.165) is 4.47 Å². The molecule has 1 aliphatic rings. The van der Waals surface area contributed by atoms with Crippen LogP contribution in [0, 0.1) is 0 Å². The summed E-state index contributed by atoms with van der Waals surface area (Å²) in [4.78, 5) is 14.7. The Labute approximate surface area is 101 Å². The lowest BCUT2D eigenvalue weighted by Gasteiger charge is -2.13. The first-order chi connectivity index (χ1) is 7.66. The maximum absolute atomic E-state index is 10.7. The van der Waals surface area contributed by atoms with Crippen molar-refractivity contribution in [1.29, 1.82) is 0 Å². The van der Waals surface area contributed by atoms with Crippen molar-refractivity contribution in [3.8, 4) is 5.75 Å². The molecule has 2 atom stereocenters. The van der Waals surface area contributed by atoms with Gasteiger partial charge in [-0.05, 0) is 22.0 Å². The molecular weight excluding hydrogens is 276 g/mol. The zero-order valence-corrected chi connectivity index (χ0v) is 9.98. The zero-order valence-electron chi connectivity index (χ0n) is 8.39. The SMILES string of the molecule is O=C(O)C1CC(Oc2ccncc2Br)CN1. The molecule has 0 aliphatic carbocycles. The molecule has 1 aliphatic heterocycles. The van der Waals surface area contributed by atoms with Gasteiger partial charge in [-0.1, -0.05) is 0 Å². The van der Waals surface area contributed by atoms with E-state index in [0.29, 0.717) is 18.7 Å². The maximum atomic E-state index is 10.7. The van der Waals surface area contributed by atoms with Gasteiger partial charge >= 0.3 is 5.97 Å². The summed E-state index contributed by atoms with van der Waals surface area (Å²) in [6.45, 7) is 0.547. The van der Waals surface area contributed by atoms with Gasteiger partial charge in [-0.2, -0.15) is 0 Å². The quantitative estimate of drug-likeness (QED) is 0.869. The van der Waals surface area contributed by atoms with E-state index >= 15 is 0 Å². The average molecular weight is 287 g/mol. The summed E-state index contributed by atoms with van der Waals surface area (Å²) >= 11 is 3.32. The standard InChI is InChI=1S/C10H11BrN2O3/c11-7-5-12-2-1-9(7)16-6-3-8(10(14)15)13-4-6/h1-2,5-6,8,13H,3-4H2,(H,14,15). The molecule has 1 saturated heterocycles. The highest BCUT2D eigenvalue weighted by atomic mass is 79.9. The van der Waals surface area contributed by atoms with Crippen LogP contribution in [0.2, 0.25) is 0 Å². The molecule has 0 amide bonds. The first-order valence-electron chi connectivity index (χ1n) is 4.89. The van der Waals surface area contributed by atoms with Gasteiger partial charge in [-0.3, -0.25) is 9.78 Å². The second-order valence-electron chi connectivity index (χ2n) is 3.58. The van der Waals surface area contributed by atoms with Crippen LogP contribution in [0.25, 0.3) is 0 Å². The molecule has 1 aromatic rings. The van der Waals surface area contributed by atoms with Crippen LogP contribution >= 0.6 is 15.9 Å². The molecule has 2 rings (SSSR count). The summed E-state index contributed by atoms with van der Waals surface area (Å²) in [6, 6.07) is 1.24. The topological polar surface area (TPSA) is 71.5 Å². The first kappa shape index (κ1) is 11.3. The van der Waals surface area contributed by atoms with Crippen molar-refractivity contribution in [2.75, 3.05) is 6.54 Å². The maximum Gasteiger partial charge on any atom is 0.320 e. The molecule has 1 aromatic heterocycles. The van der Waals surface area contributed by atoms with E-state index < -0.39 is 12.0 Å². The predicted octanol–water partition coefficient (Wildman–Crippen LogP) is 1.04. The van der Waals surface area contributed by atoms with E-state index in [9.17, 15) is 4.79 Å². The van der Waals surface area contributed by atoms with Crippen LogP contribution in [0.3, 0.4) is 0 Å². The van der Waals surface area contributed by atoms with Crippen LogP contribution in [0.15, 0.2) is 22.9 Å². The Kier molecular flexibility index (Phi) is 3.40. The molecule has 1 fully saturated rings. The molecule has 2 N–H and O–H groups in total. The van der Waals surface area contributed by atoms with E-state index in [1.807, 2.05) is 0 Å². The minimum Gasteiger partial charge on any atom is -0.488 e. The van der Waals surface area contributed by atoms with Crippen molar-refractivity contribution >= 4 is 21.9 Å². The van der Waals surface area contributed by atoms with Crippen molar-refractivity contribution in [3.63, 3.8) is 0 Å². The lowest BCUT2D eigenvalue weighted by atomic mass is 10.2. The fourth-order valence-corrected chi connectivity index (χ4v) is 1.96. The Balaban J connectivity index is 1.97. The van der Waals surface area contributed by atoms with Crippen LogP contribution in [-0.2, 0) is 4.79 Å². The Hall–Kier alpha value is -1.14. The molecular formula is C10H11BrN2O3. The van der Waals surface area contributed by atoms with Gasteiger partial charge in [0.15, 0.2) is 0 Å². The minimum absolute atomic E-state index is 0.111. The number of carbonyl (C=O) groups is 1. The van der Waals surface area contributed by atoms with Gasteiger partial charge in [-0.25, -0.2) is 0 Å². The summed E-state index contributed by atoms with van der Waals surface area (Å²) in [6.07, 6.45) is 3.65. The summed E-state index contributed by atoms with van der Waals surface area (Å²) in [5.41, 5.74) is 0. The molecule has 2 unspecified atom stereocenters. The minimum atomic E-state index is -0.833. The number of halogens is 1. The fraction of sp³-hybridized carbons (Fsp3) is 0.400. The summed E-state index contributed by atoms with van der Waals surface area (Å²) in [5, 5.41) is 11.7. The number of aromatic nitrogens is 1. The van der Waals surface area contributed by atoms with E-state index in [-0.39, 0.29) is 6.10 Å². The molecule has 0 saturated carbocycles. The first-order valence-corrected chi connectivity index (χ1v) is 5.68. The Bertz CT molecular complexity index is 399. The Morgan fingerprint density at radius 2 is 2.50 bits per heavy atom. The Morgan fingerprint density at radius 3 is 3.12 bits per heavy atom. The summed E-state index contributed by atoms with van der Waals surface area (Å²) < 4.78 is 6.45. The molecule has 86 valence electrons. The second kappa shape index (κ2) is 4.80. The highest BCUT2D eigenvalue weighted by Gasteiger charge is 2.30. The number of aliphatic carboxylic acids is 1. The van der Waals surface area contributed by atoms with Gasteiger partial charge in [0.1, 0.15) is 17.9 Å². The normalized spacial score (nSPS) is 24.3. The number of rotatable bonds is 3. The second-order valence-corrected chi connectivity index (χ2v) is 4.44. The van der Waals surface area contributed by atoms with E-state index in [1.54, 1.807) is 18.5 Å². The highest BCUT2D eigenvalue weighted by molar-refractivity contribution is 9.10. The van der Waals surface area contributed by atoms with E-state index in [1.165, 1.54) is 0 Å². The average Bonchev–Trinajstić information content (AvgIpc) is 2.70. The van der Waals surface area contributed by atoms with Crippen LogP contribution in [0.4, 0.5) is 0 Å². The van der Waals surface area contributed by atoms with E-state index in [4.69, 9.17) is 9.84 Å². The van der Waals surface area contributed by atoms with Gasteiger partial charge in [-0.15, -0.1) is 0 Å². The van der Waals surface area contributed by atoms with Crippen LogP contribution in [0.5, 0.6) is 5.75 Å². The van der Waals surface area contributed by atoms with Gasteiger partial charge in [0.05, 0.1) is 4.47 Å². The molecule has 0 radical (unpaired) electrons. The largest absolute Gasteiger partial charge is 0.488 e. The monoisotopic (exact) mass is 286 g/mol. The smallest absolute Gasteiger partial charge is 0.320 e. The number of carboxylic acid groups (broad SMARTS) is 1. The fourth-order valence-electron chi connectivity index (χ4n) is 1.62. The van der Waals surface area contributed by atoms with Gasteiger partial charge < -0.3 is 15.2 Å². The summed E-state index contributed by atoms with van der Waals surface area (Å²) in [7, 11) is 0. The van der Waals surface area contributed by atoms with Crippen molar-refractivity contribution in [1.82, 2.24) is 10.3 Å². The third-order valence-electron chi connectivity index (χ3n) is 2.42. The number of ether oxygens (including phenoxy) is 1. The highest BCUT2D eigenvalue weighted by Crippen LogP contribution is 2.25. The van der Waals surface area contributed by atoms with Crippen LogP contribution < -0.4 is 10.1 Å². The van der Waals surface area contributed by atoms with Gasteiger partial charge in [0.2, 0.25) is 0 Å². The van der Waals surface area contributed by atoms with Crippen molar-refractivity contribution in [2.24, 2.45) is 0 Å². The number of hydrogen-bond acceptors (Lipinski definition) is 4.